The number of rotatable bonds is 7. The van der Waals surface area contributed by atoms with Gasteiger partial charge in [-0.3, -0.25) is 9.69 Å². The van der Waals surface area contributed by atoms with Crippen molar-refractivity contribution in [3.05, 3.63) is 71.9 Å². The highest BCUT2D eigenvalue weighted by molar-refractivity contribution is 5.83. The molecule has 5 nitrogen and oxygen atoms in total. The van der Waals surface area contributed by atoms with Gasteiger partial charge in [0.15, 0.2) is 0 Å². The van der Waals surface area contributed by atoms with Crippen LogP contribution in [0, 0.1) is 5.92 Å². The van der Waals surface area contributed by atoms with Crippen molar-refractivity contribution in [3.63, 3.8) is 0 Å². The van der Waals surface area contributed by atoms with Crippen LogP contribution in [0.15, 0.2) is 60.8 Å². The molecule has 2 N–H and O–H groups in total. The Kier molecular flexibility index (Phi) is 6.21. The van der Waals surface area contributed by atoms with Crippen molar-refractivity contribution in [2.75, 3.05) is 20.1 Å². The summed E-state index contributed by atoms with van der Waals surface area (Å²) in [6, 6.07) is 18.6. The van der Waals surface area contributed by atoms with Crippen LogP contribution in [0.25, 0.3) is 10.9 Å². The van der Waals surface area contributed by atoms with E-state index >= 15 is 0 Å². The van der Waals surface area contributed by atoms with E-state index in [1.54, 1.807) is 6.92 Å². The van der Waals surface area contributed by atoms with Gasteiger partial charge >= 0.3 is 0 Å². The summed E-state index contributed by atoms with van der Waals surface area (Å²) in [5.74, 6) is -0.323. The van der Waals surface area contributed by atoms with Gasteiger partial charge in [0.1, 0.15) is 0 Å². The zero-order valence-electron chi connectivity index (χ0n) is 17.8. The Bertz CT molecular complexity index is 982. The molecule has 1 unspecified atom stereocenters. The van der Waals surface area contributed by atoms with Crippen LogP contribution < -0.4 is 0 Å². The lowest BCUT2D eigenvalue weighted by atomic mass is 9.85. The number of H-pyrrole nitrogens is 1. The normalized spacial score (nSPS) is 20.8. The number of aliphatic hydroxyl groups excluding tert-OH is 1. The first-order valence-electron chi connectivity index (χ1n) is 10.8. The van der Waals surface area contributed by atoms with Crippen molar-refractivity contribution in [2.24, 2.45) is 5.92 Å². The van der Waals surface area contributed by atoms with Gasteiger partial charge in [-0.05, 0) is 44.0 Å². The number of hydrogen-bond acceptors (Lipinski definition) is 3. The van der Waals surface area contributed by atoms with Crippen LogP contribution in [0.1, 0.15) is 24.5 Å². The van der Waals surface area contributed by atoms with Crippen LogP contribution >= 0.6 is 0 Å². The van der Waals surface area contributed by atoms with E-state index in [0.717, 1.165) is 31.4 Å². The lowest BCUT2D eigenvalue weighted by molar-refractivity contribution is -0.147. The molecule has 0 spiro atoms. The molecule has 3 atom stereocenters. The van der Waals surface area contributed by atoms with E-state index in [-0.39, 0.29) is 11.9 Å². The number of carbonyl (C=O) groups excluding carboxylic acids is 1. The number of aromatic amines is 1. The highest BCUT2D eigenvalue weighted by Crippen LogP contribution is 2.28. The van der Waals surface area contributed by atoms with Crippen LogP contribution in [0.5, 0.6) is 0 Å². The molecule has 5 heteroatoms. The molecular weight excluding hydrogens is 374 g/mol. The third kappa shape index (κ3) is 4.27. The topological polar surface area (TPSA) is 59.6 Å². The number of aromatic nitrogens is 1. The van der Waals surface area contributed by atoms with Crippen molar-refractivity contribution < 1.29 is 9.90 Å². The van der Waals surface area contributed by atoms with Gasteiger partial charge in [0, 0.05) is 42.8 Å². The van der Waals surface area contributed by atoms with Gasteiger partial charge in [0.25, 0.3) is 0 Å². The van der Waals surface area contributed by atoms with E-state index in [9.17, 15) is 9.90 Å². The molecule has 30 heavy (non-hydrogen) atoms. The SMILES string of the molecule is C[C@@H](O)C1C(=O)N(CCc2c[nH]c3ccccc23)CC[C@@H]1N(C)Cc1ccccc1. The summed E-state index contributed by atoms with van der Waals surface area (Å²) in [4.78, 5) is 20.8. The van der Waals surface area contributed by atoms with Gasteiger partial charge in [-0.25, -0.2) is 0 Å². The number of nitrogens with one attached hydrogen (secondary N) is 1. The fourth-order valence-corrected chi connectivity index (χ4v) is 4.78. The summed E-state index contributed by atoms with van der Waals surface area (Å²) in [5, 5.41) is 11.7. The van der Waals surface area contributed by atoms with E-state index in [4.69, 9.17) is 0 Å². The summed E-state index contributed by atoms with van der Waals surface area (Å²) in [7, 11) is 2.06. The molecule has 4 rings (SSSR count). The summed E-state index contributed by atoms with van der Waals surface area (Å²) in [6.45, 7) is 3.93. The number of amides is 1. The minimum Gasteiger partial charge on any atom is -0.393 e. The highest BCUT2D eigenvalue weighted by atomic mass is 16.3. The van der Waals surface area contributed by atoms with E-state index in [2.05, 4.69) is 41.2 Å². The second kappa shape index (κ2) is 9.02. The molecule has 2 aromatic carbocycles. The Morgan fingerprint density at radius 1 is 1.17 bits per heavy atom. The minimum absolute atomic E-state index is 0.0436. The van der Waals surface area contributed by atoms with Crippen molar-refractivity contribution >= 4 is 16.8 Å². The molecule has 1 saturated heterocycles. The van der Waals surface area contributed by atoms with Gasteiger partial charge < -0.3 is 15.0 Å². The van der Waals surface area contributed by atoms with Crippen LogP contribution in [0.3, 0.4) is 0 Å². The second-order valence-corrected chi connectivity index (χ2v) is 8.46. The minimum atomic E-state index is -0.670. The maximum atomic E-state index is 13.3. The van der Waals surface area contributed by atoms with Crippen LogP contribution in [-0.4, -0.2) is 58.1 Å². The number of nitrogens with zero attached hydrogens (tertiary/aromatic N) is 2. The molecule has 0 bridgehead atoms. The highest BCUT2D eigenvalue weighted by Gasteiger charge is 2.41. The monoisotopic (exact) mass is 405 g/mol. The van der Waals surface area contributed by atoms with E-state index in [1.165, 1.54) is 16.5 Å². The Hall–Kier alpha value is -2.63. The molecule has 3 aromatic rings. The molecule has 1 fully saturated rings. The molecule has 1 aliphatic heterocycles. The standard InChI is InChI=1S/C25H31N3O2/c1-18(29)24-23(27(2)17-19-8-4-3-5-9-19)13-15-28(25(24)30)14-12-20-16-26-22-11-7-6-10-21(20)22/h3-11,16,18,23-24,26,29H,12-15,17H2,1-2H3/t18-,23+,24?/m1/s1. The number of piperidine rings is 1. The quantitative estimate of drug-likeness (QED) is 0.633. The van der Waals surface area contributed by atoms with Crippen LogP contribution in [-0.2, 0) is 17.8 Å². The number of aliphatic hydroxyl groups is 1. The molecule has 1 aromatic heterocycles. The Balaban J connectivity index is 1.43. The average molecular weight is 406 g/mol. The number of hydrogen-bond donors (Lipinski definition) is 2. The predicted octanol–water partition coefficient (Wildman–Crippen LogP) is 3.44. The van der Waals surface area contributed by atoms with Crippen LogP contribution in [0.2, 0.25) is 0 Å². The molecule has 158 valence electrons. The summed E-state index contributed by atoms with van der Waals surface area (Å²) >= 11 is 0. The lowest BCUT2D eigenvalue weighted by Crippen LogP contribution is -2.56. The van der Waals surface area contributed by atoms with E-state index < -0.39 is 12.0 Å². The summed E-state index contributed by atoms with van der Waals surface area (Å²) in [6.07, 6.45) is 3.06. The zero-order chi connectivity index (χ0) is 21.1. The maximum absolute atomic E-state index is 13.3. The zero-order valence-corrected chi connectivity index (χ0v) is 17.8. The van der Waals surface area contributed by atoms with Gasteiger partial charge in [0.2, 0.25) is 5.91 Å². The Morgan fingerprint density at radius 2 is 1.90 bits per heavy atom. The van der Waals surface area contributed by atoms with Gasteiger partial charge in [-0.2, -0.15) is 0 Å². The fraction of sp³-hybridized carbons (Fsp3) is 0.400. The average Bonchev–Trinajstić information content (AvgIpc) is 3.16. The number of para-hydroxylation sites is 1. The molecule has 0 radical (unpaired) electrons. The molecule has 1 aliphatic rings. The Labute approximate surface area is 178 Å². The van der Waals surface area contributed by atoms with Crippen molar-refractivity contribution in [2.45, 2.75) is 38.5 Å². The van der Waals surface area contributed by atoms with Crippen molar-refractivity contribution in [1.82, 2.24) is 14.8 Å². The molecule has 0 saturated carbocycles. The lowest BCUT2D eigenvalue weighted by Gasteiger charge is -2.43. The van der Waals surface area contributed by atoms with Crippen molar-refractivity contribution in [1.29, 1.82) is 0 Å². The molecule has 1 amide bonds. The van der Waals surface area contributed by atoms with Gasteiger partial charge in [-0.15, -0.1) is 0 Å². The summed E-state index contributed by atoms with van der Waals surface area (Å²) < 4.78 is 0. The summed E-state index contributed by atoms with van der Waals surface area (Å²) in [5.41, 5.74) is 3.58. The number of likely N-dealkylation sites (tertiary alicyclic amines) is 1. The second-order valence-electron chi connectivity index (χ2n) is 8.46. The first kappa shape index (κ1) is 20.6. The van der Waals surface area contributed by atoms with E-state index in [0.29, 0.717) is 6.54 Å². The van der Waals surface area contributed by atoms with Gasteiger partial charge in [-0.1, -0.05) is 48.5 Å². The number of carbonyl (C=O) groups is 1. The smallest absolute Gasteiger partial charge is 0.229 e. The maximum Gasteiger partial charge on any atom is 0.229 e. The third-order valence-corrected chi connectivity index (χ3v) is 6.39. The Morgan fingerprint density at radius 3 is 2.67 bits per heavy atom. The largest absolute Gasteiger partial charge is 0.393 e. The molecular formula is C25H31N3O2. The van der Waals surface area contributed by atoms with Gasteiger partial charge in [0.05, 0.1) is 12.0 Å². The first-order valence-corrected chi connectivity index (χ1v) is 10.8. The third-order valence-electron chi connectivity index (χ3n) is 6.39. The molecule has 0 aliphatic carbocycles. The predicted molar refractivity (Wildman–Crippen MR) is 120 cm³/mol. The van der Waals surface area contributed by atoms with E-state index in [1.807, 2.05) is 41.4 Å². The number of benzene rings is 2. The first-order chi connectivity index (χ1) is 14.5. The number of fused-ring (bicyclic) bond motifs is 1. The fourth-order valence-electron chi connectivity index (χ4n) is 4.78. The van der Waals surface area contributed by atoms with Crippen LogP contribution in [0.4, 0.5) is 0 Å². The molecule has 2 heterocycles. The van der Waals surface area contributed by atoms with Crippen molar-refractivity contribution in [3.8, 4) is 0 Å².